The van der Waals surface area contributed by atoms with Gasteiger partial charge in [-0.2, -0.15) is 0 Å². The smallest absolute Gasteiger partial charge is 0.317 e. The molecule has 0 saturated heterocycles. The number of hydrogen-bond donors (Lipinski definition) is 0. The molecule has 0 atom stereocenters. The van der Waals surface area contributed by atoms with E-state index in [9.17, 15) is 9.59 Å². The van der Waals surface area contributed by atoms with Crippen molar-refractivity contribution in [2.24, 2.45) is 0 Å². The highest BCUT2D eigenvalue weighted by atomic mass is 16.6. The van der Waals surface area contributed by atoms with Crippen molar-refractivity contribution in [2.45, 2.75) is 175 Å². The van der Waals surface area contributed by atoms with Gasteiger partial charge in [0, 0.05) is 0 Å². The van der Waals surface area contributed by atoms with Crippen LogP contribution < -0.4 is 0 Å². The Morgan fingerprint density at radius 2 is 0.758 bits per heavy atom. The second-order valence-corrected chi connectivity index (χ2v) is 11.1. The van der Waals surface area contributed by atoms with Crippen molar-refractivity contribution in [2.75, 3.05) is 0 Å². The van der Waals surface area contributed by atoms with Crippen molar-refractivity contribution < 1.29 is 19.1 Å². The molecule has 0 amide bonds. The van der Waals surface area contributed by atoms with Crippen molar-refractivity contribution in [3.05, 3.63) is 0 Å². The highest BCUT2D eigenvalue weighted by Crippen LogP contribution is 2.23. The summed E-state index contributed by atoms with van der Waals surface area (Å²) in [6, 6.07) is 0. The Morgan fingerprint density at radius 1 is 0.485 bits per heavy atom. The molecular formula is C29H56O4. The Hall–Kier alpha value is -1.06. The molecule has 0 unspecified atom stereocenters. The molecule has 0 aliphatic rings. The highest BCUT2D eigenvalue weighted by molar-refractivity contribution is 5.91. The molecule has 0 aromatic carbocycles. The molecule has 0 fully saturated rings. The maximum absolute atomic E-state index is 12.3. The Kier molecular flexibility index (Phi) is 18.6. The van der Waals surface area contributed by atoms with Gasteiger partial charge in [0.25, 0.3) is 0 Å². The number of esters is 2. The minimum absolute atomic E-state index is 0.304. The first-order chi connectivity index (χ1) is 15.6. The standard InChI is InChI=1S/C29H56O4/c1-7-9-11-13-15-17-19-21-23-28(3,4)32-26(30)25-27(31)33-29(5,6)24-22-20-18-16-14-12-10-8-2/h7-25H2,1-6H3. The Bertz CT molecular complexity index is 452. The van der Waals surface area contributed by atoms with E-state index in [0.29, 0.717) is 0 Å². The quantitative estimate of drug-likeness (QED) is 0.0903. The number of unbranched alkanes of at least 4 members (excludes halogenated alkanes) is 14. The van der Waals surface area contributed by atoms with Crippen LogP contribution in [0, 0.1) is 0 Å². The van der Waals surface area contributed by atoms with E-state index in [2.05, 4.69) is 13.8 Å². The molecule has 0 N–H and O–H groups in total. The first-order valence-electron chi connectivity index (χ1n) is 14.1. The van der Waals surface area contributed by atoms with Crippen LogP contribution in [0.4, 0.5) is 0 Å². The Morgan fingerprint density at radius 3 is 1.06 bits per heavy atom. The third-order valence-corrected chi connectivity index (χ3v) is 6.33. The maximum Gasteiger partial charge on any atom is 0.317 e. The van der Waals surface area contributed by atoms with Gasteiger partial charge in [-0.1, -0.05) is 104 Å². The van der Waals surface area contributed by atoms with E-state index in [-0.39, 0.29) is 6.42 Å². The average Bonchev–Trinajstić information content (AvgIpc) is 2.70. The zero-order valence-electron chi connectivity index (χ0n) is 23.1. The minimum atomic E-state index is -0.535. The third kappa shape index (κ3) is 21.2. The lowest BCUT2D eigenvalue weighted by Crippen LogP contribution is -2.32. The van der Waals surface area contributed by atoms with Gasteiger partial charge >= 0.3 is 11.9 Å². The monoisotopic (exact) mass is 468 g/mol. The van der Waals surface area contributed by atoms with Crippen LogP contribution >= 0.6 is 0 Å². The second kappa shape index (κ2) is 19.3. The number of ether oxygens (including phenoxy) is 2. The lowest BCUT2D eigenvalue weighted by atomic mass is 9.99. The topological polar surface area (TPSA) is 52.6 Å². The van der Waals surface area contributed by atoms with Gasteiger partial charge in [0.2, 0.25) is 0 Å². The summed E-state index contributed by atoms with van der Waals surface area (Å²) in [4.78, 5) is 24.5. The molecule has 0 aliphatic carbocycles. The van der Waals surface area contributed by atoms with Gasteiger partial charge in [0.1, 0.15) is 17.6 Å². The minimum Gasteiger partial charge on any atom is -0.459 e. The normalized spacial score (nSPS) is 12.1. The average molecular weight is 469 g/mol. The summed E-state index contributed by atoms with van der Waals surface area (Å²) in [7, 11) is 0. The summed E-state index contributed by atoms with van der Waals surface area (Å²) in [6.07, 6.45) is 21.4. The molecule has 0 aromatic heterocycles. The summed E-state index contributed by atoms with van der Waals surface area (Å²) < 4.78 is 11.2. The highest BCUT2D eigenvalue weighted by Gasteiger charge is 2.27. The van der Waals surface area contributed by atoms with E-state index < -0.39 is 23.1 Å². The molecule has 33 heavy (non-hydrogen) atoms. The summed E-state index contributed by atoms with van der Waals surface area (Å²) in [5.74, 6) is -0.958. The van der Waals surface area contributed by atoms with Gasteiger partial charge in [-0.3, -0.25) is 9.59 Å². The molecule has 0 aromatic rings. The van der Waals surface area contributed by atoms with Crippen LogP contribution in [-0.2, 0) is 19.1 Å². The van der Waals surface area contributed by atoms with Gasteiger partial charge < -0.3 is 9.47 Å². The van der Waals surface area contributed by atoms with Crippen molar-refractivity contribution in [1.82, 2.24) is 0 Å². The van der Waals surface area contributed by atoms with Crippen LogP contribution in [-0.4, -0.2) is 23.1 Å². The van der Waals surface area contributed by atoms with Gasteiger partial charge in [-0.25, -0.2) is 0 Å². The molecule has 0 heterocycles. The third-order valence-electron chi connectivity index (χ3n) is 6.33. The van der Waals surface area contributed by atoms with Gasteiger partial charge in [-0.15, -0.1) is 0 Å². The fraction of sp³-hybridized carbons (Fsp3) is 0.931. The molecule has 0 spiro atoms. The molecule has 0 bridgehead atoms. The lowest BCUT2D eigenvalue weighted by molar-refractivity contribution is -0.168. The van der Waals surface area contributed by atoms with E-state index in [1.807, 2.05) is 27.7 Å². The number of carbonyl (C=O) groups excluding carboxylic acids is 2. The lowest BCUT2D eigenvalue weighted by Gasteiger charge is -2.27. The van der Waals surface area contributed by atoms with Crippen LogP contribution in [0.3, 0.4) is 0 Å². The fourth-order valence-electron chi connectivity index (χ4n) is 4.28. The Labute approximate surface area is 206 Å². The number of carbonyl (C=O) groups is 2. The summed E-state index contributed by atoms with van der Waals surface area (Å²) in [5, 5.41) is 0. The Balaban J connectivity index is 3.97. The largest absolute Gasteiger partial charge is 0.459 e. The first-order valence-corrected chi connectivity index (χ1v) is 14.1. The van der Waals surface area contributed by atoms with Crippen LogP contribution in [0.25, 0.3) is 0 Å². The molecule has 0 aliphatic heterocycles. The predicted octanol–water partition coefficient (Wildman–Crippen LogP) is 9.08. The first kappa shape index (κ1) is 31.9. The van der Waals surface area contributed by atoms with Gasteiger partial charge in [-0.05, 0) is 53.4 Å². The zero-order valence-corrected chi connectivity index (χ0v) is 23.1. The van der Waals surface area contributed by atoms with Crippen molar-refractivity contribution in [1.29, 1.82) is 0 Å². The van der Waals surface area contributed by atoms with E-state index in [4.69, 9.17) is 9.47 Å². The number of hydrogen-bond acceptors (Lipinski definition) is 4. The maximum atomic E-state index is 12.3. The molecule has 196 valence electrons. The SMILES string of the molecule is CCCCCCCCCCC(C)(C)OC(=O)CC(=O)OC(C)(C)CCCCCCCCCC. The predicted molar refractivity (Wildman–Crippen MR) is 139 cm³/mol. The van der Waals surface area contributed by atoms with E-state index in [1.54, 1.807) is 0 Å². The molecular weight excluding hydrogens is 412 g/mol. The number of rotatable bonds is 22. The molecule has 0 saturated carbocycles. The van der Waals surface area contributed by atoms with Gasteiger partial charge in [0.15, 0.2) is 0 Å². The summed E-state index contributed by atoms with van der Waals surface area (Å²) >= 11 is 0. The summed E-state index contributed by atoms with van der Waals surface area (Å²) in [6.45, 7) is 12.2. The van der Waals surface area contributed by atoms with E-state index >= 15 is 0 Å². The molecule has 4 nitrogen and oxygen atoms in total. The van der Waals surface area contributed by atoms with Crippen LogP contribution in [0.5, 0.6) is 0 Å². The molecule has 0 radical (unpaired) electrons. The molecule has 4 heteroatoms. The molecule has 0 rings (SSSR count). The van der Waals surface area contributed by atoms with E-state index in [0.717, 1.165) is 25.7 Å². The van der Waals surface area contributed by atoms with E-state index in [1.165, 1.54) is 89.9 Å². The van der Waals surface area contributed by atoms with Crippen molar-refractivity contribution in [3.8, 4) is 0 Å². The van der Waals surface area contributed by atoms with Crippen LogP contribution in [0.2, 0.25) is 0 Å². The second-order valence-electron chi connectivity index (χ2n) is 11.1. The van der Waals surface area contributed by atoms with Crippen molar-refractivity contribution >= 4 is 11.9 Å². The zero-order chi connectivity index (χ0) is 25.0. The van der Waals surface area contributed by atoms with Crippen LogP contribution in [0.15, 0.2) is 0 Å². The van der Waals surface area contributed by atoms with Gasteiger partial charge in [0.05, 0.1) is 0 Å². The summed E-state index contributed by atoms with van der Waals surface area (Å²) in [5.41, 5.74) is -1.07. The van der Waals surface area contributed by atoms with Crippen molar-refractivity contribution in [3.63, 3.8) is 0 Å². The fourth-order valence-corrected chi connectivity index (χ4v) is 4.28. The van der Waals surface area contributed by atoms with Crippen LogP contribution in [0.1, 0.15) is 164 Å².